The third-order valence-electron chi connectivity index (χ3n) is 3.10. The van der Waals surface area contributed by atoms with Gasteiger partial charge in [-0.25, -0.2) is 4.98 Å². The maximum absolute atomic E-state index is 5.47. The molecule has 112 valence electrons. The van der Waals surface area contributed by atoms with Crippen molar-refractivity contribution in [2.75, 3.05) is 19.8 Å². The molecule has 4 heteroatoms. The molecule has 21 heavy (non-hydrogen) atoms. The molecule has 0 aliphatic carbocycles. The number of aromatic nitrogens is 2. The molecule has 0 bridgehead atoms. The SMILES string of the molecule is C=C(C)COCCNCc1cnc(C)n1-c1ccccc1. The Labute approximate surface area is 126 Å². The zero-order chi connectivity index (χ0) is 15.1. The Bertz CT molecular complexity index is 575. The fraction of sp³-hybridized carbons (Fsp3) is 0.353. The van der Waals surface area contributed by atoms with Crippen molar-refractivity contribution in [1.29, 1.82) is 0 Å². The van der Waals surface area contributed by atoms with E-state index < -0.39 is 0 Å². The fourth-order valence-electron chi connectivity index (χ4n) is 2.15. The number of imidazole rings is 1. The van der Waals surface area contributed by atoms with Gasteiger partial charge in [-0.2, -0.15) is 0 Å². The van der Waals surface area contributed by atoms with Crippen molar-refractivity contribution >= 4 is 0 Å². The zero-order valence-corrected chi connectivity index (χ0v) is 12.8. The summed E-state index contributed by atoms with van der Waals surface area (Å²) in [5, 5.41) is 3.38. The molecule has 1 aromatic carbocycles. The fourth-order valence-corrected chi connectivity index (χ4v) is 2.15. The first-order valence-electron chi connectivity index (χ1n) is 7.20. The van der Waals surface area contributed by atoms with Gasteiger partial charge in [0.2, 0.25) is 0 Å². The van der Waals surface area contributed by atoms with Gasteiger partial charge >= 0.3 is 0 Å². The number of aryl methyl sites for hydroxylation is 1. The predicted octanol–water partition coefficient (Wildman–Crippen LogP) is 2.86. The van der Waals surface area contributed by atoms with Crippen LogP contribution in [0.3, 0.4) is 0 Å². The molecule has 1 heterocycles. The maximum Gasteiger partial charge on any atom is 0.110 e. The molecular formula is C17H23N3O. The molecule has 4 nitrogen and oxygen atoms in total. The van der Waals surface area contributed by atoms with E-state index in [4.69, 9.17) is 4.74 Å². The molecular weight excluding hydrogens is 262 g/mol. The Balaban J connectivity index is 1.89. The van der Waals surface area contributed by atoms with Gasteiger partial charge in [-0.05, 0) is 26.0 Å². The summed E-state index contributed by atoms with van der Waals surface area (Å²) < 4.78 is 7.64. The number of nitrogens with one attached hydrogen (secondary N) is 1. The first-order valence-corrected chi connectivity index (χ1v) is 7.20. The van der Waals surface area contributed by atoms with Crippen LogP contribution < -0.4 is 5.32 Å². The summed E-state index contributed by atoms with van der Waals surface area (Å²) in [6, 6.07) is 10.3. The Morgan fingerprint density at radius 1 is 1.33 bits per heavy atom. The van der Waals surface area contributed by atoms with Crippen LogP contribution in [0, 0.1) is 6.92 Å². The van der Waals surface area contributed by atoms with E-state index in [0.717, 1.165) is 35.9 Å². The van der Waals surface area contributed by atoms with Gasteiger partial charge in [0.05, 0.1) is 25.1 Å². The molecule has 1 N–H and O–H groups in total. The first-order chi connectivity index (χ1) is 10.2. The molecule has 0 fully saturated rings. The normalized spacial score (nSPS) is 10.8. The summed E-state index contributed by atoms with van der Waals surface area (Å²) in [5.74, 6) is 0.997. The van der Waals surface area contributed by atoms with Gasteiger partial charge in [0, 0.05) is 18.8 Å². The topological polar surface area (TPSA) is 39.1 Å². The minimum Gasteiger partial charge on any atom is -0.376 e. The highest BCUT2D eigenvalue weighted by molar-refractivity contribution is 5.35. The second-order valence-electron chi connectivity index (χ2n) is 5.15. The first kappa shape index (κ1) is 15.5. The van der Waals surface area contributed by atoms with E-state index in [1.807, 2.05) is 38.2 Å². The van der Waals surface area contributed by atoms with Crippen LogP contribution in [-0.2, 0) is 11.3 Å². The average Bonchev–Trinajstić information content (AvgIpc) is 2.84. The summed E-state index contributed by atoms with van der Waals surface area (Å²) in [6.45, 7) is 10.7. The van der Waals surface area contributed by atoms with Crippen molar-refractivity contribution in [1.82, 2.24) is 14.9 Å². The number of hydrogen-bond donors (Lipinski definition) is 1. The van der Waals surface area contributed by atoms with Crippen LogP contribution in [0.4, 0.5) is 0 Å². The van der Waals surface area contributed by atoms with Crippen LogP contribution >= 0.6 is 0 Å². The Kier molecular flexibility index (Phi) is 5.72. The molecule has 0 aliphatic heterocycles. The molecule has 0 unspecified atom stereocenters. The van der Waals surface area contributed by atoms with E-state index in [1.165, 1.54) is 0 Å². The third kappa shape index (κ3) is 4.55. The van der Waals surface area contributed by atoms with Gasteiger partial charge in [-0.1, -0.05) is 30.4 Å². The van der Waals surface area contributed by atoms with Crippen LogP contribution in [-0.4, -0.2) is 29.3 Å². The molecule has 2 rings (SSSR count). The van der Waals surface area contributed by atoms with Crippen molar-refractivity contribution in [3.63, 3.8) is 0 Å². The average molecular weight is 285 g/mol. The lowest BCUT2D eigenvalue weighted by atomic mass is 10.3. The monoisotopic (exact) mass is 285 g/mol. The highest BCUT2D eigenvalue weighted by Gasteiger charge is 2.07. The van der Waals surface area contributed by atoms with E-state index >= 15 is 0 Å². The van der Waals surface area contributed by atoms with Gasteiger partial charge in [-0.3, -0.25) is 4.57 Å². The summed E-state index contributed by atoms with van der Waals surface area (Å²) in [6.07, 6.45) is 1.92. The van der Waals surface area contributed by atoms with E-state index in [1.54, 1.807) is 0 Å². The lowest BCUT2D eigenvalue weighted by molar-refractivity contribution is 0.157. The minimum absolute atomic E-state index is 0.628. The third-order valence-corrected chi connectivity index (χ3v) is 3.10. The number of para-hydroxylation sites is 1. The Morgan fingerprint density at radius 3 is 2.81 bits per heavy atom. The van der Waals surface area contributed by atoms with Crippen LogP contribution in [0.25, 0.3) is 5.69 Å². The van der Waals surface area contributed by atoms with Gasteiger partial charge in [0.1, 0.15) is 5.82 Å². The molecule has 2 aromatic rings. The van der Waals surface area contributed by atoms with Crippen molar-refractivity contribution < 1.29 is 4.74 Å². The molecule has 0 radical (unpaired) electrons. The summed E-state index contributed by atoms with van der Waals surface area (Å²) in [4.78, 5) is 4.41. The number of ether oxygens (including phenoxy) is 1. The van der Waals surface area contributed by atoms with Crippen molar-refractivity contribution in [2.24, 2.45) is 0 Å². The second kappa shape index (κ2) is 7.76. The van der Waals surface area contributed by atoms with Gasteiger partial charge in [-0.15, -0.1) is 0 Å². The van der Waals surface area contributed by atoms with E-state index in [0.29, 0.717) is 13.2 Å². The standard InChI is InChI=1S/C17H23N3O/c1-14(2)13-21-10-9-18-11-17-12-19-15(3)20(17)16-7-5-4-6-8-16/h4-8,12,18H,1,9-11,13H2,2-3H3. The van der Waals surface area contributed by atoms with Crippen molar-refractivity contribution in [3.8, 4) is 5.69 Å². The van der Waals surface area contributed by atoms with Crippen LogP contribution in [0.5, 0.6) is 0 Å². The number of rotatable bonds is 8. The van der Waals surface area contributed by atoms with Gasteiger partial charge in [0.25, 0.3) is 0 Å². The largest absolute Gasteiger partial charge is 0.376 e. The summed E-state index contributed by atoms with van der Waals surface area (Å²) in [7, 11) is 0. The minimum atomic E-state index is 0.628. The van der Waals surface area contributed by atoms with Crippen LogP contribution in [0.15, 0.2) is 48.7 Å². The molecule has 0 aliphatic rings. The molecule has 0 saturated carbocycles. The van der Waals surface area contributed by atoms with Crippen LogP contribution in [0.2, 0.25) is 0 Å². The number of benzene rings is 1. The van der Waals surface area contributed by atoms with Crippen molar-refractivity contribution in [3.05, 3.63) is 60.2 Å². The molecule has 0 spiro atoms. The van der Waals surface area contributed by atoms with E-state index in [9.17, 15) is 0 Å². The summed E-state index contributed by atoms with van der Waals surface area (Å²) >= 11 is 0. The zero-order valence-electron chi connectivity index (χ0n) is 12.8. The lowest BCUT2D eigenvalue weighted by Gasteiger charge is -2.11. The Hall–Kier alpha value is -1.91. The van der Waals surface area contributed by atoms with Gasteiger partial charge in [0.15, 0.2) is 0 Å². The number of hydrogen-bond acceptors (Lipinski definition) is 3. The van der Waals surface area contributed by atoms with E-state index in [-0.39, 0.29) is 0 Å². The molecule has 0 amide bonds. The van der Waals surface area contributed by atoms with Crippen LogP contribution in [0.1, 0.15) is 18.4 Å². The maximum atomic E-state index is 5.47. The lowest BCUT2D eigenvalue weighted by Crippen LogP contribution is -2.21. The van der Waals surface area contributed by atoms with Gasteiger partial charge < -0.3 is 10.1 Å². The highest BCUT2D eigenvalue weighted by Crippen LogP contribution is 2.14. The molecule has 0 atom stereocenters. The summed E-state index contributed by atoms with van der Waals surface area (Å²) in [5.41, 5.74) is 3.34. The van der Waals surface area contributed by atoms with E-state index in [2.05, 4.69) is 33.6 Å². The van der Waals surface area contributed by atoms with Crippen molar-refractivity contribution in [2.45, 2.75) is 20.4 Å². The molecule has 0 saturated heterocycles. The highest BCUT2D eigenvalue weighted by atomic mass is 16.5. The second-order valence-corrected chi connectivity index (χ2v) is 5.15. The molecule has 1 aromatic heterocycles. The smallest absolute Gasteiger partial charge is 0.110 e. The predicted molar refractivity (Wildman–Crippen MR) is 85.6 cm³/mol. The number of nitrogens with zero attached hydrogens (tertiary/aromatic N) is 2. The quantitative estimate of drug-likeness (QED) is 0.599. The Morgan fingerprint density at radius 2 is 2.10 bits per heavy atom.